The number of hydrogen-bond donors (Lipinski definition) is 2. The number of likely N-dealkylation sites (N-methyl/N-ethyl adjacent to an activating group) is 2. The van der Waals surface area contributed by atoms with Gasteiger partial charge in [0, 0.05) is 31.7 Å². The fourth-order valence-corrected chi connectivity index (χ4v) is 2.69. The van der Waals surface area contributed by atoms with Crippen LogP contribution in [-0.4, -0.2) is 51.3 Å². The largest absolute Gasteiger partial charge is 0.494 e. The van der Waals surface area contributed by atoms with Gasteiger partial charge < -0.3 is 20.3 Å². The van der Waals surface area contributed by atoms with Crippen LogP contribution >= 0.6 is 0 Å². The summed E-state index contributed by atoms with van der Waals surface area (Å²) in [7, 11) is 4.20. The maximum atomic E-state index is 5.49. The Morgan fingerprint density at radius 3 is 2.74 bits per heavy atom. The van der Waals surface area contributed by atoms with E-state index >= 15 is 0 Å². The first kappa shape index (κ1) is 14.3. The quantitative estimate of drug-likeness (QED) is 0.838. The van der Waals surface area contributed by atoms with E-state index in [1.807, 2.05) is 14.0 Å². The molecule has 1 saturated heterocycles. The Labute approximate surface area is 116 Å². The number of ether oxygens (including phenoxy) is 1. The Morgan fingerprint density at radius 1 is 1.42 bits per heavy atom. The van der Waals surface area contributed by atoms with Gasteiger partial charge in [-0.15, -0.1) is 0 Å². The minimum Gasteiger partial charge on any atom is -0.494 e. The lowest BCUT2D eigenvalue weighted by Crippen LogP contribution is -2.54. The van der Waals surface area contributed by atoms with Gasteiger partial charge in [-0.2, -0.15) is 0 Å². The molecule has 0 saturated carbocycles. The summed E-state index contributed by atoms with van der Waals surface area (Å²) < 4.78 is 5.49. The maximum absolute atomic E-state index is 5.49. The fraction of sp³-hybridized carbons (Fsp3) is 0.600. The first-order chi connectivity index (χ1) is 9.24. The zero-order valence-corrected chi connectivity index (χ0v) is 12.1. The topological polar surface area (TPSA) is 36.5 Å². The minimum absolute atomic E-state index is 0.332. The smallest absolute Gasteiger partial charge is 0.119 e. The normalized spacial score (nSPS) is 22.2. The lowest BCUT2D eigenvalue weighted by Gasteiger charge is -2.36. The van der Waals surface area contributed by atoms with Crippen molar-refractivity contribution in [3.05, 3.63) is 29.8 Å². The summed E-state index contributed by atoms with van der Waals surface area (Å²) >= 11 is 0. The first-order valence-electron chi connectivity index (χ1n) is 7.06. The molecule has 1 aromatic carbocycles. The van der Waals surface area contributed by atoms with Crippen LogP contribution in [0.5, 0.6) is 5.75 Å². The third-order valence-corrected chi connectivity index (χ3v) is 3.67. The first-order valence-corrected chi connectivity index (χ1v) is 7.06. The average molecular weight is 263 g/mol. The lowest BCUT2D eigenvalue weighted by molar-refractivity contribution is 0.210. The van der Waals surface area contributed by atoms with Gasteiger partial charge in [-0.3, -0.25) is 0 Å². The molecule has 1 aliphatic rings. The van der Waals surface area contributed by atoms with E-state index in [2.05, 4.69) is 46.8 Å². The molecule has 2 rings (SSSR count). The number of benzene rings is 1. The number of nitrogens with one attached hydrogen (secondary N) is 2. The molecule has 4 nitrogen and oxygen atoms in total. The van der Waals surface area contributed by atoms with Crippen LogP contribution in [0.15, 0.2) is 24.3 Å². The Balaban J connectivity index is 2.07. The van der Waals surface area contributed by atoms with Crippen molar-refractivity contribution in [3.63, 3.8) is 0 Å². The van der Waals surface area contributed by atoms with Gasteiger partial charge in [0.1, 0.15) is 5.75 Å². The van der Waals surface area contributed by atoms with Gasteiger partial charge in [0.25, 0.3) is 0 Å². The van der Waals surface area contributed by atoms with E-state index in [4.69, 9.17) is 4.74 Å². The highest BCUT2D eigenvalue weighted by molar-refractivity contribution is 5.30. The van der Waals surface area contributed by atoms with Gasteiger partial charge in [0.05, 0.1) is 6.61 Å². The highest BCUT2D eigenvalue weighted by Crippen LogP contribution is 2.21. The van der Waals surface area contributed by atoms with E-state index in [1.54, 1.807) is 0 Å². The Bertz CT molecular complexity index is 379. The summed E-state index contributed by atoms with van der Waals surface area (Å²) in [5, 5.41) is 7.03. The van der Waals surface area contributed by atoms with Crippen LogP contribution in [-0.2, 0) is 0 Å². The van der Waals surface area contributed by atoms with Gasteiger partial charge in [-0.25, -0.2) is 0 Å². The molecule has 0 bridgehead atoms. The molecule has 106 valence electrons. The number of hydrogen-bond acceptors (Lipinski definition) is 4. The van der Waals surface area contributed by atoms with Gasteiger partial charge in [-0.1, -0.05) is 12.1 Å². The van der Waals surface area contributed by atoms with Crippen LogP contribution in [0.4, 0.5) is 0 Å². The van der Waals surface area contributed by atoms with Crippen LogP contribution in [0.25, 0.3) is 0 Å². The molecule has 2 unspecified atom stereocenters. The number of nitrogens with zero attached hydrogens (tertiary/aromatic N) is 1. The Morgan fingerprint density at radius 2 is 2.16 bits per heavy atom. The summed E-state index contributed by atoms with van der Waals surface area (Å²) in [4.78, 5) is 2.38. The monoisotopic (exact) mass is 263 g/mol. The molecule has 0 aromatic heterocycles. The molecule has 19 heavy (non-hydrogen) atoms. The number of rotatable bonds is 5. The molecule has 1 fully saturated rings. The zero-order chi connectivity index (χ0) is 13.7. The summed E-state index contributed by atoms with van der Waals surface area (Å²) in [5.74, 6) is 0.940. The van der Waals surface area contributed by atoms with Crippen molar-refractivity contribution in [1.29, 1.82) is 0 Å². The summed E-state index contributed by atoms with van der Waals surface area (Å²) in [6, 6.07) is 9.19. The second-order valence-corrected chi connectivity index (χ2v) is 5.09. The predicted molar refractivity (Wildman–Crippen MR) is 78.7 cm³/mol. The van der Waals surface area contributed by atoms with Gasteiger partial charge in [0.2, 0.25) is 0 Å². The highest BCUT2D eigenvalue weighted by atomic mass is 16.5. The fourth-order valence-electron chi connectivity index (χ4n) is 2.69. The molecule has 1 aromatic rings. The molecular formula is C15H25N3O. The van der Waals surface area contributed by atoms with Crippen molar-refractivity contribution < 1.29 is 4.74 Å². The van der Waals surface area contributed by atoms with E-state index in [-0.39, 0.29) is 0 Å². The van der Waals surface area contributed by atoms with E-state index in [1.165, 1.54) is 5.56 Å². The van der Waals surface area contributed by atoms with Crippen molar-refractivity contribution >= 4 is 0 Å². The predicted octanol–water partition coefficient (Wildman–Crippen LogP) is 1.25. The molecule has 0 aliphatic carbocycles. The zero-order valence-electron chi connectivity index (χ0n) is 12.1. The van der Waals surface area contributed by atoms with E-state index in [9.17, 15) is 0 Å². The lowest BCUT2D eigenvalue weighted by atomic mass is 9.97. The Hall–Kier alpha value is -1.10. The molecule has 0 amide bonds. The van der Waals surface area contributed by atoms with Crippen LogP contribution in [0.1, 0.15) is 18.5 Å². The SMILES string of the molecule is CCOc1ccc(C(NC)C2CN(C)CCN2)cc1. The molecule has 1 aliphatic heterocycles. The maximum Gasteiger partial charge on any atom is 0.119 e. The second kappa shape index (κ2) is 6.89. The third-order valence-electron chi connectivity index (χ3n) is 3.67. The van der Waals surface area contributed by atoms with Crippen LogP contribution in [0, 0.1) is 0 Å². The highest BCUT2D eigenvalue weighted by Gasteiger charge is 2.25. The molecule has 2 atom stereocenters. The molecule has 1 heterocycles. The second-order valence-electron chi connectivity index (χ2n) is 5.09. The number of piperazine rings is 1. The van der Waals surface area contributed by atoms with Crippen molar-refractivity contribution in [1.82, 2.24) is 15.5 Å². The minimum atomic E-state index is 0.332. The van der Waals surface area contributed by atoms with Crippen molar-refractivity contribution in [2.45, 2.75) is 19.0 Å². The van der Waals surface area contributed by atoms with Crippen LogP contribution in [0.3, 0.4) is 0 Å². The van der Waals surface area contributed by atoms with Crippen molar-refractivity contribution in [2.75, 3.05) is 40.3 Å². The van der Waals surface area contributed by atoms with Crippen LogP contribution < -0.4 is 15.4 Å². The summed E-state index contributed by atoms with van der Waals surface area (Å²) in [6.07, 6.45) is 0. The van der Waals surface area contributed by atoms with Crippen molar-refractivity contribution in [3.8, 4) is 5.75 Å². The van der Waals surface area contributed by atoms with Crippen LogP contribution in [0.2, 0.25) is 0 Å². The van der Waals surface area contributed by atoms with Gasteiger partial charge in [-0.05, 0) is 38.7 Å². The molecular weight excluding hydrogens is 238 g/mol. The molecule has 0 spiro atoms. The molecule has 4 heteroatoms. The van der Waals surface area contributed by atoms with E-state index in [0.717, 1.165) is 25.4 Å². The third kappa shape index (κ3) is 3.69. The van der Waals surface area contributed by atoms with Gasteiger partial charge in [0.15, 0.2) is 0 Å². The summed E-state index contributed by atoms with van der Waals surface area (Å²) in [5.41, 5.74) is 1.30. The van der Waals surface area contributed by atoms with Gasteiger partial charge >= 0.3 is 0 Å². The standard InChI is InChI=1S/C15H25N3O/c1-4-19-13-7-5-12(6-8-13)15(16-2)14-11-18(3)10-9-17-14/h5-8,14-17H,4,9-11H2,1-3H3. The Kier molecular flexibility index (Phi) is 5.19. The summed E-state index contributed by atoms with van der Waals surface area (Å²) in [6.45, 7) is 5.96. The van der Waals surface area contributed by atoms with E-state index < -0.39 is 0 Å². The molecule has 2 N–H and O–H groups in total. The van der Waals surface area contributed by atoms with Crippen molar-refractivity contribution in [2.24, 2.45) is 0 Å². The molecule has 0 radical (unpaired) electrons. The average Bonchev–Trinajstić information content (AvgIpc) is 2.42. The van der Waals surface area contributed by atoms with E-state index in [0.29, 0.717) is 18.7 Å².